The fraction of sp³-hybridized carbons (Fsp3) is 0.857. The van der Waals surface area contributed by atoms with Crippen LogP contribution in [0.1, 0.15) is 46.5 Å². The van der Waals surface area contributed by atoms with Gasteiger partial charge in [-0.25, -0.2) is 0 Å². The lowest BCUT2D eigenvalue weighted by Gasteiger charge is -2.33. The Kier molecular flexibility index (Phi) is 3.39. The number of hydrogen-bond donors (Lipinski definition) is 2. The Bertz CT molecular complexity index is 356. The van der Waals surface area contributed by atoms with Gasteiger partial charge in [0.2, 0.25) is 5.91 Å². The number of aliphatic carboxylic acids is 1. The number of carbonyl (C=O) groups excluding carboxylic acids is 1. The first-order valence-electron chi connectivity index (χ1n) is 6.89. The molecule has 3 atom stereocenters. The van der Waals surface area contributed by atoms with Crippen LogP contribution in [-0.4, -0.2) is 22.5 Å². The van der Waals surface area contributed by atoms with Crippen LogP contribution < -0.4 is 5.32 Å². The number of nitrogens with one attached hydrogen (secondary N) is 1. The summed E-state index contributed by atoms with van der Waals surface area (Å²) in [4.78, 5) is 23.1. The summed E-state index contributed by atoms with van der Waals surface area (Å²) in [6, 6.07) is 0. The lowest BCUT2D eigenvalue weighted by atomic mass is 9.85. The molecule has 2 fully saturated rings. The SMILES string of the molecule is CC(C)C(C)(CC(=O)O)NC(=O)C1C2CCCC21. The van der Waals surface area contributed by atoms with Crippen LogP contribution in [0.2, 0.25) is 0 Å². The third kappa shape index (κ3) is 2.38. The van der Waals surface area contributed by atoms with Crippen LogP contribution in [0.25, 0.3) is 0 Å². The number of rotatable bonds is 5. The molecule has 2 saturated carbocycles. The fourth-order valence-corrected chi connectivity index (χ4v) is 3.28. The van der Waals surface area contributed by atoms with E-state index in [1.165, 1.54) is 19.3 Å². The number of fused-ring (bicyclic) bond motifs is 1. The van der Waals surface area contributed by atoms with E-state index in [0.29, 0.717) is 11.8 Å². The summed E-state index contributed by atoms with van der Waals surface area (Å²) in [7, 11) is 0. The molecule has 2 aliphatic rings. The third-order valence-corrected chi connectivity index (χ3v) is 4.91. The molecule has 0 saturated heterocycles. The van der Waals surface area contributed by atoms with E-state index in [4.69, 9.17) is 5.11 Å². The number of amides is 1. The largest absolute Gasteiger partial charge is 0.481 e. The molecule has 2 N–H and O–H groups in total. The predicted octanol–water partition coefficient (Wildman–Crippen LogP) is 2.04. The van der Waals surface area contributed by atoms with Gasteiger partial charge in [-0.05, 0) is 37.5 Å². The number of hydrogen-bond acceptors (Lipinski definition) is 2. The smallest absolute Gasteiger partial charge is 0.305 e. The van der Waals surface area contributed by atoms with Gasteiger partial charge in [-0.15, -0.1) is 0 Å². The molecule has 0 aromatic heterocycles. The molecule has 102 valence electrons. The summed E-state index contributed by atoms with van der Waals surface area (Å²) in [6.45, 7) is 5.75. The van der Waals surface area contributed by atoms with Gasteiger partial charge in [0.15, 0.2) is 0 Å². The second-order valence-electron chi connectivity index (χ2n) is 6.42. The molecule has 3 unspecified atom stereocenters. The van der Waals surface area contributed by atoms with E-state index in [2.05, 4.69) is 5.32 Å². The van der Waals surface area contributed by atoms with Gasteiger partial charge in [-0.2, -0.15) is 0 Å². The molecular formula is C14H23NO3. The van der Waals surface area contributed by atoms with Crippen molar-refractivity contribution in [1.29, 1.82) is 0 Å². The van der Waals surface area contributed by atoms with Crippen LogP contribution in [-0.2, 0) is 9.59 Å². The summed E-state index contributed by atoms with van der Waals surface area (Å²) in [6.07, 6.45) is 3.56. The van der Waals surface area contributed by atoms with E-state index >= 15 is 0 Å². The topological polar surface area (TPSA) is 66.4 Å². The Hall–Kier alpha value is -1.06. The van der Waals surface area contributed by atoms with E-state index in [1.54, 1.807) is 0 Å². The van der Waals surface area contributed by atoms with E-state index in [0.717, 1.165) is 0 Å². The van der Waals surface area contributed by atoms with Crippen LogP contribution in [0.5, 0.6) is 0 Å². The highest BCUT2D eigenvalue weighted by Gasteiger charge is 2.57. The van der Waals surface area contributed by atoms with E-state index < -0.39 is 11.5 Å². The minimum Gasteiger partial charge on any atom is -0.481 e. The van der Waals surface area contributed by atoms with Crippen LogP contribution >= 0.6 is 0 Å². The van der Waals surface area contributed by atoms with Gasteiger partial charge in [0.25, 0.3) is 0 Å². The molecule has 1 amide bonds. The standard InChI is InChI=1S/C14H23NO3/c1-8(2)14(3,7-11(16)17)15-13(18)12-9-5-4-6-10(9)12/h8-10,12H,4-7H2,1-3H3,(H,15,18)(H,16,17). The van der Waals surface area contributed by atoms with Crippen molar-refractivity contribution < 1.29 is 14.7 Å². The predicted molar refractivity (Wildman–Crippen MR) is 68.0 cm³/mol. The number of carbonyl (C=O) groups is 2. The van der Waals surface area contributed by atoms with Crippen molar-refractivity contribution in [2.75, 3.05) is 0 Å². The summed E-state index contributed by atoms with van der Waals surface area (Å²) in [5.41, 5.74) is -0.639. The average molecular weight is 253 g/mol. The van der Waals surface area contributed by atoms with Crippen LogP contribution in [0.4, 0.5) is 0 Å². The first-order chi connectivity index (χ1) is 8.35. The lowest BCUT2D eigenvalue weighted by Crippen LogP contribution is -2.52. The average Bonchev–Trinajstić information content (AvgIpc) is 2.72. The molecule has 0 aromatic rings. The van der Waals surface area contributed by atoms with Crippen molar-refractivity contribution in [2.45, 2.75) is 52.0 Å². The molecule has 18 heavy (non-hydrogen) atoms. The Morgan fingerprint density at radius 1 is 1.33 bits per heavy atom. The maximum absolute atomic E-state index is 12.2. The van der Waals surface area contributed by atoms with Gasteiger partial charge < -0.3 is 10.4 Å². The van der Waals surface area contributed by atoms with Gasteiger partial charge in [-0.1, -0.05) is 20.3 Å². The Labute approximate surface area is 108 Å². The van der Waals surface area contributed by atoms with Crippen LogP contribution in [0.15, 0.2) is 0 Å². The first kappa shape index (κ1) is 13.4. The molecule has 0 radical (unpaired) electrons. The minimum absolute atomic E-state index is 0.0154. The van der Waals surface area contributed by atoms with Crippen LogP contribution in [0.3, 0.4) is 0 Å². The Balaban J connectivity index is 1.97. The lowest BCUT2D eigenvalue weighted by molar-refractivity contribution is -0.139. The van der Waals surface area contributed by atoms with E-state index in [1.807, 2.05) is 20.8 Å². The van der Waals surface area contributed by atoms with Gasteiger partial charge >= 0.3 is 5.97 Å². The second-order valence-corrected chi connectivity index (χ2v) is 6.42. The quantitative estimate of drug-likeness (QED) is 0.788. The summed E-state index contributed by atoms with van der Waals surface area (Å²) in [5.74, 6) is 0.629. The summed E-state index contributed by atoms with van der Waals surface area (Å²) >= 11 is 0. The molecule has 0 aromatic carbocycles. The molecule has 4 nitrogen and oxygen atoms in total. The van der Waals surface area contributed by atoms with Crippen molar-refractivity contribution >= 4 is 11.9 Å². The highest BCUT2D eigenvalue weighted by molar-refractivity contribution is 5.84. The normalized spacial score (nSPS) is 32.8. The second kappa shape index (κ2) is 4.56. The molecule has 0 heterocycles. The molecule has 4 heteroatoms. The van der Waals surface area contributed by atoms with E-state index in [9.17, 15) is 9.59 Å². The molecule has 2 aliphatic carbocycles. The minimum atomic E-state index is -0.859. The van der Waals surface area contributed by atoms with Crippen molar-refractivity contribution in [3.05, 3.63) is 0 Å². The van der Waals surface area contributed by atoms with Gasteiger partial charge in [0, 0.05) is 11.5 Å². The van der Waals surface area contributed by atoms with Crippen molar-refractivity contribution in [3.63, 3.8) is 0 Å². The molecule has 2 rings (SSSR count). The monoisotopic (exact) mass is 253 g/mol. The number of carboxylic acids is 1. The maximum atomic E-state index is 12.2. The van der Waals surface area contributed by atoms with Gasteiger partial charge in [0.05, 0.1) is 6.42 Å². The van der Waals surface area contributed by atoms with Crippen LogP contribution in [0, 0.1) is 23.7 Å². The Morgan fingerprint density at radius 3 is 2.33 bits per heavy atom. The van der Waals surface area contributed by atoms with Gasteiger partial charge in [0.1, 0.15) is 0 Å². The van der Waals surface area contributed by atoms with Crippen molar-refractivity contribution in [1.82, 2.24) is 5.32 Å². The number of carboxylic acid groups (broad SMARTS) is 1. The zero-order chi connectivity index (χ0) is 13.5. The Morgan fingerprint density at radius 2 is 1.89 bits per heavy atom. The highest BCUT2D eigenvalue weighted by Crippen LogP contribution is 2.57. The molecular weight excluding hydrogens is 230 g/mol. The van der Waals surface area contributed by atoms with Gasteiger partial charge in [-0.3, -0.25) is 9.59 Å². The highest BCUT2D eigenvalue weighted by atomic mass is 16.4. The molecule has 0 aliphatic heterocycles. The zero-order valence-corrected chi connectivity index (χ0v) is 11.4. The zero-order valence-electron chi connectivity index (χ0n) is 11.4. The summed E-state index contributed by atoms with van der Waals surface area (Å²) in [5, 5.41) is 12.0. The first-order valence-corrected chi connectivity index (χ1v) is 6.89. The third-order valence-electron chi connectivity index (χ3n) is 4.91. The van der Waals surface area contributed by atoms with E-state index in [-0.39, 0.29) is 24.2 Å². The maximum Gasteiger partial charge on any atom is 0.305 e. The van der Waals surface area contributed by atoms with Crippen molar-refractivity contribution in [2.24, 2.45) is 23.7 Å². The molecule has 0 bridgehead atoms. The molecule has 0 spiro atoms. The van der Waals surface area contributed by atoms with Crippen molar-refractivity contribution in [3.8, 4) is 0 Å². The fourth-order valence-electron chi connectivity index (χ4n) is 3.28. The summed E-state index contributed by atoms with van der Waals surface area (Å²) < 4.78 is 0.